The number of halogens is 1. The molecule has 1 heterocycles. The van der Waals surface area contributed by atoms with E-state index in [1.165, 1.54) is 38.5 Å². The van der Waals surface area contributed by atoms with Crippen molar-refractivity contribution >= 4 is 11.6 Å². The summed E-state index contributed by atoms with van der Waals surface area (Å²) in [7, 11) is 0. The van der Waals surface area contributed by atoms with Crippen LogP contribution < -0.4 is 0 Å². The molecular formula is C14H23ClN2O. The first-order valence-electron chi connectivity index (χ1n) is 7.26. The zero-order chi connectivity index (χ0) is 12.8. The lowest BCUT2D eigenvalue weighted by Crippen LogP contribution is -2.03. The van der Waals surface area contributed by atoms with Crippen LogP contribution in [-0.2, 0) is 6.42 Å². The van der Waals surface area contributed by atoms with Gasteiger partial charge in [0.25, 0.3) is 0 Å². The molecule has 1 atom stereocenters. The highest BCUT2D eigenvalue weighted by Crippen LogP contribution is 2.27. The Kier molecular flexibility index (Phi) is 5.48. The van der Waals surface area contributed by atoms with E-state index in [0.717, 1.165) is 31.1 Å². The number of aromatic nitrogens is 2. The summed E-state index contributed by atoms with van der Waals surface area (Å²) in [6.45, 7) is 2.11. The van der Waals surface area contributed by atoms with Crippen molar-refractivity contribution in [2.75, 3.05) is 0 Å². The third kappa shape index (κ3) is 3.98. The molecule has 1 aromatic rings. The van der Waals surface area contributed by atoms with Gasteiger partial charge >= 0.3 is 0 Å². The van der Waals surface area contributed by atoms with Gasteiger partial charge in [-0.25, -0.2) is 0 Å². The Hall–Kier alpha value is -0.570. The summed E-state index contributed by atoms with van der Waals surface area (Å²) in [6.07, 6.45) is 10.9. The topological polar surface area (TPSA) is 38.9 Å². The van der Waals surface area contributed by atoms with E-state index in [4.69, 9.17) is 16.1 Å². The van der Waals surface area contributed by atoms with Gasteiger partial charge in [0.1, 0.15) is 0 Å². The first-order chi connectivity index (χ1) is 8.79. The van der Waals surface area contributed by atoms with Gasteiger partial charge in [-0.05, 0) is 25.2 Å². The lowest BCUT2D eigenvalue weighted by Gasteiger charge is -2.09. The number of hydrogen-bond donors (Lipinski definition) is 0. The second-order valence-corrected chi connectivity index (χ2v) is 5.89. The van der Waals surface area contributed by atoms with Crippen LogP contribution in [-0.4, -0.2) is 10.1 Å². The number of nitrogens with zero attached hydrogens (tertiary/aromatic N) is 2. The van der Waals surface area contributed by atoms with Crippen LogP contribution in [0.5, 0.6) is 0 Å². The zero-order valence-electron chi connectivity index (χ0n) is 11.2. The smallest absolute Gasteiger partial charge is 0.226 e. The van der Waals surface area contributed by atoms with Gasteiger partial charge < -0.3 is 4.52 Å². The average Bonchev–Trinajstić information content (AvgIpc) is 2.67. The zero-order valence-corrected chi connectivity index (χ0v) is 12.0. The Bertz CT molecular complexity index is 345. The highest BCUT2D eigenvalue weighted by atomic mass is 35.5. The molecule has 0 spiro atoms. The van der Waals surface area contributed by atoms with Crippen LogP contribution in [0.15, 0.2) is 4.52 Å². The summed E-state index contributed by atoms with van der Waals surface area (Å²) in [4.78, 5) is 4.44. The summed E-state index contributed by atoms with van der Waals surface area (Å²) in [5.41, 5.74) is 0. The molecule has 0 aromatic carbocycles. The number of rotatable bonds is 5. The summed E-state index contributed by atoms with van der Waals surface area (Å²) >= 11 is 6.20. The van der Waals surface area contributed by atoms with Crippen LogP contribution in [0, 0.1) is 5.92 Å². The van der Waals surface area contributed by atoms with Crippen molar-refractivity contribution in [2.24, 2.45) is 5.92 Å². The Labute approximate surface area is 114 Å². The maximum Gasteiger partial charge on any atom is 0.226 e. The minimum atomic E-state index is -0.0957. The van der Waals surface area contributed by atoms with Crippen molar-refractivity contribution in [1.82, 2.24) is 10.1 Å². The van der Waals surface area contributed by atoms with Gasteiger partial charge in [0.05, 0.1) is 5.38 Å². The van der Waals surface area contributed by atoms with E-state index in [-0.39, 0.29) is 5.38 Å². The van der Waals surface area contributed by atoms with E-state index >= 15 is 0 Å². The number of alkyl halides is 1. The van der Waals surface area contributed by atoms with Crippen molar-refractivity contribution in [3.63, 3.8) is 0 Å². The van der Waals surface area contributed by atoms with Crippen LogP contribution in [0.25, 0.3) is 0 Å². The normalized spacial score (nSPS) is 19.7. The Balaban J connectivity index is 1.89. The Morgan fingerprint density at radius 2 is 2.00 bits per heavy atom. The van der Waals surface area contributed by atoms with Gasteiger partial charge in [-0.3, -0.25) is 0 Å². The molecule has 0 aliphatic heterocycles. The van der Waals surface area contributed by atoms with Crippen LogP contribution >= 0.6 is 11.6 Å². The first-order valence-corrected chi connectivity index (χ1v) is 7.69. The van der Waals surface area contributed by atoms with Crippen molar-refractivity contribution in [3.8, 4) is 0 Å². The third-order valence-electron chi connectivity index (χ3n) is 3.74. The fourth-order valence-corrected chi connectivity index (χ4v) is 2.98. The van der Waals surface area contributed by atoms with E-state index < -0.39 is 0 Å². The standard InChI is InChI=1S/C14H23ClN2O/c1-2-7-12(15)14-16-13(18-17-14)10-11-8-5-3-4-6-9-11/h11-12H,2-10H2,1H3. The van der Waals surface area contributed by atoms with Crippen molar-refractivity contribution in [3.05, 3.63) is 11.7 Å². The van der Waals surface area contributed by atoms with Crippen molar-refractivity contribution < 1.29 is 4.52 Å². The maximum atomic E-state index is 6.20. The van der Waals surface area contributed by atoms with Gasteiger partial charge in [-0.1, -0.05) is 44.2 Å². The number of hydrogen-bond acceptors (Lipinski definition) is 3. The molecular weight excluding hydrogens is 248 g/mol. The molecule has 1 fully saturated rings. The Morgan fingerprint density at radius 1 is 1.28 bits per heavy atom. The van der Waals surface area contributed by atoms with Crippen LogP contribution in [0.1, 0.15) is 75.4 Å². The SMILES string of the molecule is CCCC(Cl)c1noc(CC2CCCCCC2)n1. The first kappa shape index (κ1) is 13.9. The molecule has 3 nitrogen and oxygen atoms in total. The minimum absolute atomic E-state index is 0.0957. The van der Waals surface area contributed by atoms with Gasteiger partial charge in [0.2, 0.25) is 5.89 Å². The average molecular weight is 271 g/mol. The van der Waals surface area contributed by atoms with E-state index in [1.54, 1.807) is 0 Å². The monoisotopic (exact) mass is 270 g/mol. The molecule has 0 N–H and O–H groups in total. The summed E-state index contributed by atoms with van der Waals surface area (Å²) in [5.74, 6) is 2.17. The fraction of sp³-hybridized carbons (Fsp3) is 0.857. The molecule has 4 heteroatoms. The molecule has 0 amide bonds. The fourth-order valence-electron chi connectivity index (χ4n) is 2.68. The molecule has 1 aromatic heterocycles. The second-order valence-electron chi connectivity index (χ2n) is 5.36. The van der Waals surface area contributed by atoms with E-state index in [9.17, 15) is 0 Å². The molecule has 0 radical (unpaired) electrons. The van der Waals surface area contributed by atoms with E-state index in [2.05, 4.69) is 17.1 Å². The molecule has 1 unspecified atom stereocenters. The van der Waals surface area contributed by atoms with Gasteiger partial charge in [-0.2, -0.15) is 4.98 Å². The quantitative estimate of drug-likeness (QED) is 0.577. The highest BCUT2D eigenvalue weighted by Gasteiger charge is 2.19. The van der Waals surface area contributed by atoms with Gasteiger partial charge in [-0.15, -0.1) is 11.6 Å². The molecule has 2 rings (SSSR count). The maximum absolute atomic E-state index is 6.20. The predicted molar refractivity (Wildman–Crippen MR) is 72.7 cm³/mol. The van der Waals surface area contributed by atoms with E-state index in [1.807, 2.05) is 0 Å². The second kappa shape index (κ2) is 7.13. The lowest BCUT2D eigenvalue weighted by molar-refractivity contribution is 0.335. The molecule has 1 saturated carbocycles. The molecule has 1 aliphatic carbocycles. The molecule has 0 saturated heterocycles. The molecule has 18 heavy (non-hydrogen) atoms. The minimum Gasteiger partial charge on any atom is -0.339 e. The molecule has 102 valence electrons. The molecule has 1 aliphatic rings. The van der Waals surface area contributed by atoms with Crippen LogP contribution in [0.2, 0.25) is 0 Å². The van der Waals surface area contributed by atoms with Crippen LogP contribution in [0.3, 0.4) is 0 Å². The lowest BCUT2D eigenvalue weighted by atomic mass is 9.97. The Morgan fingerprint density at radius 3 is 2.67 bits per heavy atom. The predicted octanol–water partition coefficient (Wildman–Crippen LogP) is 4.66. The summed E-state index contributed by atoms with van der Waals surface area (Å²) < 4.78 is 5.33. The highest BCUT2D eigenvalue weighted by molar-refractivity contribution is 6.20. The van der Waals surface area contributed by atoms with Crippen molar-refractivity contribution in [1.29, 1.82) is 0 Å². The van der Waals surface area contributed by atoms with Crippen molar-refractivity contribution in [2.45, 2.75) is 70.1 Å². The summed E-state index contributed by atoms with van der Waals surface area (Å²) in [5, 5.41) is 3.91. The van der Waals surface area contributed by atoms with Gasteiger partial charge in [0, 0.05) is 6.42 Å². The van der Waals surface area contributed by atoms with Crippen LogP contribution in [0.4, 0.5) is 0 Å². The van der Waals surface area contributed by atoms with Gasteiger partial charge in [0.15, 0.2) is 5.82 Å². The third-order valence-corrected chi connectivity index (χ3v) is 4.16. The largest absolute Gasteiger partial charge is 0.339 e. The van der Waals surface area contributed by atoms with E-state index in [0.29, 0.717) is 5.82 Å². The summed E-state index contributed by atoms with van der Waals surface area (Å²) in [6, 6.07) is 0. The molecule has 0 bridgehead atoms.